The number of nitrogens with one attached hydrogen (secondary N) is 1. The molecule has 0 bridgehead atoms. The molecule has 0 saturated heterocycles. The summed E-state index contributed by atoms with van der Waals surface area (Å²) in [4.78, 5) is 12.2. The van der Waals surface area contributed by atoms with Crippen LogP contribution in [0.5, 0.6) is 5.75 Å². The van der Waals surface area contributed by atoms with Gasteiger partial charge < -0.3 is 15.2 Å². The van der Waals surface area contributed by atoms with Gasteiger partial charge in [0.1, 0.15) is 5.75 Å². The van der Waals surface area contributed by atoms with Crippen molar-refractivity contribution in [1.29, 1.82) is 0 Å². The Kier molecular flexibility index (Phi) is 5.88. The van der Waals surface area contributed by atoms with Crippen LogP contribution in [0.4, 0.5) is 0 Å². The summed E-state index contributed by atoms with van der Waals surface area (Å²) in [6.07, 6.45) is 3.49. The predicted molar refractivity (Wildman–Crippen MR) is 82.5 cm³/mol. The highest BCUT2D eigenvalue weighted by molar-refractivity contribution is 6.30. The normalized spacial score (nSPS) is 23.4. The van der Waals surface area contributed by atoms with E-state index in [1.165, 1.54) is 0 Å². The van der Waals surface area contributed by atoms with Crippen LogP contribution in [-0.2, 0) is 4.79 Å². The molecular weight excluding hydrogens is 290 g/mol. The van der Waals surface area contributed by atoms with Crippen molar-refractivity contribution in [3.63, 3.8) is 0 Å². The Hall–Kier alpha value is -1.26. The highest BCUT2D eigenvalue weighted by Crippen LogP contribution is 2.24. The number of hydrogen-bond acceptors (Lipinski definition) is 3. The number of aliphatic hydroxyl groups is 1. The topological polar surface area (TPSA) is 58.6 Å². The third kappa shape index (κ3) is 4.61. The Bertz CT molecular complexity index is 480. The quantitative estimate of drug-likeness (QED) is 0.879. The molecular formula is C16H22ClNO3. The Morgan fingerprint density at radius 1 is 1.48 bits per heavy atom. The van der Waals surface area contributed by atoms with Gasteiger partial charge in [-0.25, -0.2) is 0 Å². The number of ether oxygens (including phenoxy) is 1. The van der Waals surface area contributed by atoms with Crippen LogP contribution in [0.1, 0.15) is 32.6 Å². The Labute approximate surface area is 130 Å². The first-order valence-electron chi connectivity index (χ1n) is 7.43. The van der Waals surface area contributed by atoms with Crippen molar-refractivity contribution in [2.45, 2.75) is 44.8 Å². The fourth-order valence-corrected chi connectivity index (χ4v) is 2.89. The molecule has 2 N–H and O–H groups in total. The molecule has 1 aromatic rings. The summed E-state index contributed by atoms with van der Waals surface area (Å²) in [7, 11) is 0. The molecule has 0 aliphatic heterocycles. The van der Waals surface area contributed by atoms with Crippen molar-refractivity contribution in [1.82, 2.24) is 5.32 Å². The number of carbonyl (C=O) groups excluding carboxylic acids is 1. The van der Waals surface area contributed by atoms with Gasteiger partial charge in [-0.3, -0.25) is 4.79 Å². The smallest absolute Gasteiger partial charge is 0.261 e. The zero-order valence-electron chi connectivity index (χ0n) is 12.2. The average Bonchev–Trinajstić information content (AvgIpc) is 2.47. The molecule has 1 amide bonds. The number of aliphatic hydroxyl groups excluding tert-OH is 1. The van der Waals surface area contributed by atoms with E-state index in [0.29, 0.717) is 10.8 Å². The lowest BCUT2D eigenvalue weighted by molar-refractivity contribution is -0.128. The van der Waals surface area contributed by atoms with Gasteiger partial charge in [0, 0.05) is 23.6 Å². The monoisotopic (exact) mass is 311 g/mol. The zero-order valence-corrected chi connectivity index (χ0v) is 13.0. The molecule has 3 unspecified atom stereocenters. The Balaban J connectivity index is 1.90. The van der Waals surface area contributed by atoms with Crippen LogP contribution in [-0.4, -0.2) is 29.8 Å². The summed E-state index contributed by atoms with van der Waals surface area (Å²) in [5, 5.41) is 13.0. The molecule has 0 spiro atoms. The summed E-state index contributed by atoms with van der Waals surface area (Å²) in [5.41, 5.74) is 0. The second-order valence-corrected chi connectivity index (χ2v) is 6.00. The number of hydrogen-bond donors (Lipinski definition) is 2. The minimum atomic E-state index is -0.593. The van der Waals surface area contributed by atoms with Crippen molar-refractivity contribution in [2.24, 2.45) is 5.92 Å². The molecule has 2 rings (SSSR count). The standard InChI is InChI=1S/C16H22ClNO3/c1-11(21-14-7-4-6-13(17)9-14)16(20)18-15-8-3-2-5-12(15)10-19/h4,6-7,9,11-12,15,19H,2-3,5,8,10H2,1H3,(H,18,20). The Morgan fingerprint density at radius 2 is 2.24 bits per heavy atom. The second kappa shape index (κ2) is 7.66. The van der Waals surface area contributed by atoms with Crippen molar-refractivity contribution in [3.8, 4) is 5.75 Å². The molecule has 5 heteroatoms. The summed E-state index contributed by atoms with van der Waals surface area (Å²) in [6, 6.07) is 7.04. The van der Waals surface area contributed by atoms with Gasteiger partial charge in [-0.2, -0.15) is 0 Å². The first kappa shape index (κ1) is 16.1. The summed E-state index contributed by atoms with van der Waals surface area (Å²) in [6.45, 7) is 1.83. The number of halogens is 1. The van der Waals surface area contributed by atoms with Gasteiger partial charge in [-0.1, -0.05) is 30.5 Å². The summed E-state index contributed by atoms with van der Waals surface area (Å²) < 4.78 is 5.61. The first-order chi connectivity index (χ1) is 10.1. The van der Waals surface area contributed by atoms with E-state index in [9.17, 15) is 9.90 Å². The van der Waals surface area contributed by atoms with Crippen molar-refractivity contribution >= 4 is 17.5 Å². The van der Waals surface area contributed by atoms with E-state index in [0.717, 1.165) is 25.7 Å². The highest BCUT2D eigenvalue weighted by atomic mass is 35.5. The third-order valence-electron chi connectivity index (χ3n) is 3.95. The summed E-state index contributed by atoms with van der Waals surface area (Å²) >= 11 is 5.89. The fraction of sp³-hybridized carbons (Fsp3) is 0.562. The molecule has 116 valence electrons. The van der Waals surface area contributed by atoms with Crippen molar-refractivity contribution in [2.75, 3.05) is 6.61 Å². The number of benzene rings is 1. The van der Waals surface area contributed by atoms with Crippen molar-refractivity contribution in [3.05, 3.63) is 29.3 Å². The van der Waals surface area contributed by atoms with Crippen LogP contribution in [0.3, 0.4) is 0 Å². The van der Waals surface area contributed by atoms with Gasteiger partial charge in [0.2, 0.25) is 0 Å². The van der Waals surface area contributed by atoms with Gasteiger partial charge in [0.15, 0.2) is 6.10 Å². The van der Waals surface area contributed by atoms with Gasteiger partial charge >= 0.3 is 0 Å². The van der Waals surface area contributed by atoms with Crippen LogP contribution in [0.15, 0.2) is 24.3 Å². The van der Waals surface area contributed by atoms with Crippen LogP contribution in [0.25, 0.3) is 0 Å². The minimum Gasteiger partial charge on any atom is -0.481 e. The van der Waals surface area contributed by atoms with Gasteiger partial charge in [0.25, 0.3) is 5.91 Å². The maximum absolute atomic E-state index is 12.2. The molecule has 0 radical (unpaired) electrons. The molecule has 4 nitrogen and oxygen atoms in total. The van der Waals surface area contributed by atoms with E-state index >= 15 is 0 Å². The van der Waals surface area contributed by atoms with Gasteiger partial charge in [0.05, 0.1) is 0 Å². The predicted octanol–water partition coefficient (Wildman–Crippen LogP) is 2.77. The molecule has 1 aliphatic rings. The molecule has 3 atom stereocenters. The summed E-state index contributed by atoms with van der Waals surface area (Å²) in [5.74, 6) is 0.578. The number of rotatable bonds is 5. The lowest BCUT2D eigenvalue weighted by atomic mass is 9.85. The molecule has 1 saturated carbocycles. The van der Waals surface area contributed by atoms with E-state index < -0.39 is 6.10 Å². The largest absolute Gasteiger partial charge is 0.481 e. The molecule has 21 heavy (non-hydrogen) atoms. The fourth-order valence-electron chi connectivity index (χ4n) is 2.71. The molecule has 1 aliphatic carbocycles. The maximum Gasteiger partial charge on any atom is 0.261 e. The van der Waals surface area contributed by atoms with Crippen LogP contribution < -0.4 is 10.1 Å². The van der Waals surface area contributed by atoms with Crippen molar-refractivity contribution < 1.29 is 14.6 Å². The average molecular weight is 312 g/mol. The second-order valence-electron chi connectivity index (χ2n) is 5.56. The SMILES string of the molecule is CC(Oc1cccc(Cl)c1)C(=O)NC1CCCCC1CO. The molecule has 1 fully saturated rings. The van der Waals surface area contributed by atoms with E-state index in [4.69, 9.17) is 16.3 Å². The van der Waals surface area contributed by atoms with Crippen LogP contribution >= 0.6 is 11.6 Å². The molecule has 1 aromatic carbocycles. The highest BCUT2D eigenvalue weighted by Gasteiger charge is 2.27. The van der Waals surface area contributed by atoms with Crippen LogP contribution in [0, 0.1) is 5.92 Å². The van der Waals surface area contributed by atoms with Crippen LogP contribution in [0.2, 0.25) is 5.02 Å². The molecule has 0 aromatic heterocycles. The molecule has 0 heterocycles. The zero-order chi connectivity index (χ0) is 15.2. The Morgan fingerprint density at radius 3 is 2.95 bits per heavy atom. The number of amides is 1. The maximum atomic E-state index is 12.2. The minimum absolute atomic E-state index is 0.0432. The van der Waals surface area contributed by atoms with E-state index in [1.54, 1.807) is 31.2 Å². The van der Waals surface area contributed by atoms with Gasteiger partial charge in [-0.15, -0.1) is 0 Å². The third-order valence-corrected chi connectivity index (χ3v) is 4.18. The van der Waals surface area contributed by atoms with E-state index in [-0.39, 0.29) is 24.5 Å². The lowest BCUT2D eigenvalue weighted by Gasteiger charge is -2.31. The van der Waals surface area contributed by atoms with E-state index in [1.807, 2.05) is 0 Å². The lowest BCUT2D eigenvalue weighted by Crippen LogP contribution is -2.47. The van der Waals surface area contributed by atoms with E-state index in [2.05, 4.69) is 5.32 Å². The first-order valence-corrected chi connectivity index (χ1v) is 7.81. The number of carbonyl (C=O) groups is 1. The van der Waals surface area contributed by atoms with Gasteiger partial charge in [-0.05, 0) is 38.0 Å².